The van der Waals surface area contributed by atoms with Crippen LogP contribution < -0.4 is 15.5 Å². The zero-order valence-corrected chi connectivity index (χ0v) is 14.3. The van der Waals surface area contributed by atoms with Gasteiger partial charge in [0.15, 0.2) is 5.96 Å². The summed E-state index contributed by atoms with van der Waals surface area (Å²) in [6, 6.07) is 12.5. The molecule has 0 aliphatic rings. The van der Waals surface area contributed by atoms with Crippen molar-refractivity contribution in [2.45, 2.75) is 20.0 Å². The van der Waals surface area contributed by atoms with Crippen LogP contribution >= 0.6 is 0 Å². The second kappa shape index (κ2) is 8.88. The predicted molar refractivity (Wildman–Crippen MR) is 98.0 cm³/mol. The van der Waals surface area contributed by atoms with Crippen molar-refractivity contribution >= 4 is 11.6 Å². The molecule has 0 bridgehead atoms. The van der Waals surface area contributed by atoms with Crippen molar-refractivity contribution in [3.63, 3.8) is 0 Å². The number of aromatic nitrogens is 1. The maximum Gasteiger partial charge on any atom is 0.191 e. The van der Waals surface area contributed by atoms with Gasteiger partial charge in [0.25, 0.3) is 0 Å². The number of aliphatic imine (C=N–C) groups is 1. The molecule has 5 heteroatoms. The number of anilines is 1. The minimum absolute atomic E-state index is 0.667. The molecule has 1 heterocycles. The van der Waals surface area contributed by atoms with Crippen LogP contribution in [0, 0.1) is 0 Å². The summed E-state index contributed by atoms with van der Waals surface area (Å²) in [5, 5.41) is 6.66. The zero-order chi connectivity index (χ0) is 16.5. The van der Waals surface area contributed by atoms with Gasteiger partial charge in [-0.25, -0.2) is 4.99 Å². The van der Waals surface area contributed by atoms with Gasteiger partial charge in [-0.1, -0.05) is 12.1 Å². The van der Waals surface area contributed by atoms with Crippen molar-refractivity contribution in [2.75, 3.05) is 32.1 Å². The molecular weight excluding hydrogens is 286 g/mol. The first-order valence-electron chi connectivity index (χ1n) is 8.08. The van der Waals surface area contributed by atoms with Crippen LogP contribution in [0.5, 0.6) is 0 Å². The number of benzene rings is 1. The molecule has 2 N–H and O–H groups in total. The summed E-state index contributed by atoms with van der Waals surface area (Å²) in [5.74, 6) is 0.856. The average Bonchev–Trinajstić information content (AvgIpc) is 3.06. The predicted octanol–water partition coefficient (Wildman–Crippen LogP) is 2.31. The van der Waals surface area contributed by atoms with Crippen LogP contribution in [0.1, 0.15) is 12.5 Å². The number of hydrogen-bond donors (Lipinski definition) is 2. The number of hydrogen-bond acceptors (Lipinski definition) is 2. The smallest absolute Gasteiger partial charge is 0.191 e. The van der Waals surface area contributed by atoms with E-state index in [-0.39, 0.29) is 0 Å². The van der Waals surface area contributed by atoms with E-state index in [1.165, 1.54) is 11.3 Å². The second-order valence-electron chi connectivity index (χ2n) is 5.61. The van der Waals surface area contributed by atoms with Gasteiger partial charge >= 0.3 is 0 Å². The van der Waals surface area contributed by atoms with Crippen LogP contribution in [-0.2, 0) is 13.1 Å². The Hall–Kier alpha value is -2.43. The van der Waals surface area contributed by atoms with Gasteiger partial charge in [-0.15, -0.1) is 0 Å². The van der Waals surface area contributed by atoms with Crippen molar-refractivity contribution < 1.29 is 0 Å². The van der Waals surface area contributed by atoms with Crippen molar-refractivity contribution in [1.82, 2.24) is 15.2 Å². The Morgan fingerprint density at radius 2 is 1.91 bits per heavy atom. The fourth-order valence-corrected chi connectivity index (χ4v) is 2.27. The number of nitrogens with one attached hydrogen (secondary N) is 2. The third kappa shape index (κ3) is 5.70. The maximum absolute atomic E-state index is 4.67. The molecule has 0 saturated heterocycles. The van der Waals surface area contributed by atoms with E-state index in [2.05, 4.69) is 82.8 Å². The second-order valence-corrected chi connectivity index (χ2v) is 5.61. The zero-order valence-electron chi connectivity index (χ0n) is 14.3. The van der Waals surface area contributed by atoms with E-state index < -0.39 is 0 Å². The highest BCUT2D eigenvalue weighted by Crippen LogP contribution is 2.13. The Balaban J connectivity index is 1.91. The van der Waals surface area contributed by atoms with Gasteiger partial charge in [0.1, 0.15) is 0 Å². The molecule has 0 aliphatic carbocycles. The van der Waals surface area contributed by atoms with E-state index in [0.717, 1.165) is 25.6 Å². The molecule has 1 aromatic carbocycles. The monoisotopic (exact) mass is 313 g/mol. The first-order chi connectivity index (χ1) is 11.2. The quantitative estimate of drug-likeness (QED) is 0.609. The van der Waals surface area contributed by atoms with Crippen LogP contribution in [0.25, 0.3) is 0 Å². The molecule has 0 radical (unpaired) electrons. The summed E-state index contributed by atoms with van der Waals surface area (Å²) in [4.78, 5) is 6.77. The van der Waals surface area contributed by atoms with E-state index in [0.29, 0.717) is 6.54 Å². The molecule has 124 valence electrons. The molecular formula is C18H27N5. The summed E-state index contributed by atoms with van der Waals surface area (Å²) in [7, 11) is 4.10. The fourth-order valence-electron chi connectivity index (χ4n) is 2.27. The fraction of sp³-hybridized carbons (Fsp3) is 0.389. The third-order valence-electron chi connectivity index (χ3n) is 3.52. The van der Waals surface area contributed by atoms with Gasteiger partial charge in [-0.2, -0.15) is 0 Å². The lowest BCUT2D eigenvalue weighted by molar-refractivity contribution is 0.666. The van der Waals surface area contributed by atoms with Crippen molar-refractivity contribution in [3.05, 3.63) is 54.4 Å². The van der Waals surface area contributed by atoms with Crippen LogP contribution in [-0.4, -0.2) is 37.7 Å². The first-order valence-corrected chi connectivity index (χ1v) is 8.08. The molecule has 2 rings (SSSR count). The third-order valence-corrected chi connectivity index (χ3v) is 3.52. The van der Waals surface area contributed by atoms with E-state index in [4.69, 9.17) is 0 Å². The molecule has 0 aliphatic heterocycles. The number of nitrogens with zero attached hydrogens (tertiary/aromatic N) is 3. The molecule has 0 amide bonds. The van der Waals surface area contributed by atoms with E-state index >= 15 is 0 Å². The lowest BCUT2D eigenvalue weighted by Gasteiger charge is -2.14. The average molecular weight is 313 g/mol. The lowest BCUT2D eigenvalue weighted by Crippen LogP contribution is -2.38. The van der Waals surface area contributed by atoms with Gasteiger partial charge in [0.05, 0.1) is 6.54 Å². The molecule has 0 fully saturated rings. The van der Waals surface area contributed by atoms with Gasteiger partial charge in [0.2, 0.25) is 0 Å². The molecule has 0 spiro atoms. The Morgan fingerprint density at radius 1 is 1.13 bits per heavy atom. The molecule has 0 unspecified atom stereocenters. The Kier molecular flexibility index (Phi) is 6.54. The Morgan fingerprint density at radius 3 is 2.61 bits per heavy atom. The minimum Gasteiger partial charge on any atom is -0.378 e. The van der Waals surface area contributed by atoms with Crippen molar-refractivity contribution in [1.29, 1.82) is 0 Å². The largest absolute Gasteiger partial charge is 0.378 e. The van der Waals surface area contributed by atoms with Crippen LogP contribution in [0.4, 0.5) is 5.69 Å². The number of guanidine groups is 1. The number of rotatable bonds is 7. The molecule has 2 aromatic rings. The highest BCUT2D eigenvalue weighted by molar-refractivity contribution is 5.79. The van der Waals surface area contributed by atoms with Crippen LogP contribution in [0.2, 0.25) is 0 Å². The Labute approximate surface area is 139 Å². The summed E-state index contributed by atoms with van der Waals surface area (Å²) in [6.07, 6.45) is 4.14. The molecule has 0 saturated carbocycles. The minimum atomic E-state index is 0.667. The van der Waals surface area contributed by atoms with Crippen LogP contribution in [0.3, 0.4) is 0 Å². The molecule has 5 nitrogen and oxygen atoms in total. The highest BCUT2D eigenvalue weighted by atomic mass is 15.2. The van der Waals surface area contributed by atoms with Crippen molar-refractivity contribution in [2.24, 2.45) is 4.99 Å². The topological polar surface area (TPSA) is 44.6 Å². The lowest BCUT2D eigenvalue weighted by atomic mass is 10.2. The molecule has 1 aromatic heterocycles. The van der Waals surface area contributed by atoms with Gasteiger partial charge in [-0.3, -0.25) is 0 Å². The van der Waals surface area contributed by atoms with E-state index in [1.54, 1.807) is 0 Å². The van der Waals surface area contributed by atoms with Crippen molar-refractivity contribution in [3.8, 4) is 0 Å². The first kappa shape index (κ1) is 16.9. The van der Waals surface area contributed by atoms with Crippen LogP contribution in [0.15, 0.2) is 53.8 Å². The van der Waals surface area contributed by atoms with E-state index in [9.17, 15) is 0 Å². The normalized spacial score (nSPS) is 11.3. The SMILES string of the molecule is CCNC(=NCc1cccc(N(C)C)c1)NCCn1cccc1. The summed E-state index contributed by atoms with van der Waals surface area (Å²) in [6.45, 7) is 5.37. The Bertz CT molecular complexity index is 602. The summed E-state index contributed by atoms with van der Waals surface area (Å²) < 4.78 is 2.15. The maximum atomic E-state index is 4.67. The van der Waals surface area contributed by atoms with E-state index in [1.807, 2.05) is 12.1 Å². The van der Waals surface area contributed by atoms with Gasteiger partial charge in [0, 0.05) is 51.8 Å². The standard InChI is InChI=1S/C18H27N5/c1-4-19-18(20-10-13-23-11-5-6-12-23)21-15-16-8-7-9-17(14-16)22(2)3/h5-9,11-12,14H,4,10,13,15H2,1-3H3,(H2,19,20,21). The molecule has 23 heavy (non-hydrogen) atoms. The summed E-state index contributed by atoms with van der Waals surface area (Å²) in [5.41, 5.74) is 2.40. The highest BCUT2D eigenvalue weighted by Gasteiger charge is 2.00. The molecule has 0 atom stereocenters. The van der Waals surface area contributed by atoms with Gasteiger partial charge < -0.3 is 20.1 Å². The summed E-state index contributed by atoms with van der Waals surface area (Å²) >= 11 is 0. The van der Waals surface area contributed by atoms with Gasteiger partial charge in [-0.05, 0) is 36.8 Å².